The Hall–Kier alpha value is -1.64. The third-order valence-corrected chi connectivity index (χ3v) is 4.60. The van der Waals surface area contributed by atoms with E-state index in [4.69, 9.17) is 0 Å². The van der Waals surface area contributed by atoms with Crippen molar-refractivity contribution in [3.05, 3.63) is 35.4 Å². The molecule has 1 aliphatic carbocycles. The van der Waals surface area contributed by atoms with Crippen molar-refractivity contribution in [2.45, 2.75) is 39.0 Å². The molecule has 1 aliphatic heterocycles. The molecule has 2 aliphatic rings. The minimum atomic E-state index is -0.124. The zero-order chi connectivity index (χ0) is 14.1. The van der Waals surface area contributed by atoms with Crippen LogP contribution in [0.15, 0.2) is 24.3 Å². The van der Waals surface area contributed by atoms with Crippen LogP contribution in [0.3, 0.4) is 0 Å². The molecule has 1 saturated carbocycles. The average Bonchev–Trinajstić information content (AvgIpc) is 3.27. The molecule has 3 heteroatoms. The highest BCUT2D eigenvalue weighted by Gasteiger charge is 2.34. The summed E-state index contributed by atoms with van der Waals surface area (Å²) in [6, 6.07) is 7.10. The highest BCUT2D eigenvalue weighted by molar-refractivity contribution is 6.21. The van der Waals surface area contributed by atoms with Crippen molar-refractivity contribution in [1.29, 1.82) is 0 Å². The van der Waals surface area contributed by atoms with Crippen molar-refractivity contribution < 1.29 is 9.59 Å². The lowest BCUT2D eigenvalue weighted by atomic mass is 9.99. The zero-order valence-corrected chi connectivity index (χ0v) is 12.0. The number of imide groups is 1. The van der Waals surface area contributed by atoms with Crippen molar-refractivity contribution in [2.75, 3.05) is 6.54 Å². The van der Waals surface area contributed by atoms with Crippen molar-refractivity contribution in [1.82, 2.24) is 4.90 Å². The number of carbonyl (C=O) groups is 2. The molecule has 1 aromatic carbocycles. The Kier molecular flexibility index (Phi) is 3.60. The van der Waals surface area contributed by atoms with Gasteiger partial charge in [-0.1, -0.05) is 31.9 Å². The fourth-order valence-electron chi connectivity index (χ4n) is 3.08. The predicted molar refractivity (Wildman–Crippen MR) is 77.5 cm³/mol. The lowest BCUT2D eigenvalue weighted by Crippen LogP contribution is -2.30. The highest BCUT2D eigenvalue weighted by atomic mass is 16.2. The molecule has 3 nitrogen and oxygen atoms in total. The van der Waals surface area contributed by atoms with Gasteiger partial charge in [0.15, 0.2) is 0 Å². The Morgan fingerprint density at radius 3 is 2.25 bits per heavy atom. The number of rotatable bonds is 6. The van der Waals surface area contributed by atoms with Gasteiger partial charge in [-0.2, -0.15) is 0 Å². The third kappa shape index (κ3) is 2.49. The Balaban J connectivity index is 1.51. The van der Waals surface area contributed by atoms with E-state index in [1.165, 1.54) is 24.2 Å². The van der Waals surface area contributed by atoms with Crippen LogP contribution >= 0.6 is 0 Å². The van der Waals surface area contributed by atoms with Crippen LogP contribution in [-0.2, 0) is 0 Å². The van der Waals surface area contributed by atoms with Gasteiger partial charge >= 0.3 is 0 Å². The summed E-state index contributed by atoms with van der Waals surface area (Å²) in [5.41, 5.74) is 1.12. The van der Waals surface area contributed by atoms with E-state index in [9.17, 15) is 9.59 Å². The molecule has 3 rings (SSSR count). The van der Waals surface area contributed by atoms with Crippen molar-refractivity contribution in [3.8, 4) is 0 Å². The topological polar surface area (TPSA) is 37.4 Å². The first-order chi connectivity index (χ1) is 9.68. The van der Waals surface area contributed by atoms with Crippen LogP contribution in [0.2, 0.25) is 0 Å². The third-order valence-electron chi connectivity index (χ3n) is 4.60. The van der Waals surface area contributed by atoms with Crippen LogP contribution in [-0.4, -0.2) is 23.3 Å². The minimum Gasteiger partial charge on any atom is -0.274 e. The number of benzene rings is 1. The SMILES string of the molecule is CC(CCCCN1C(=O)c2ccccc2C1=O)C1CC1. The summed E-state index contributed by atoms with van der Waals surface area (Å²) in [5, 5.41) is 0. The fraction of sp³-hybridized carbons (Fsp3) is 0.529. The van der Waals surface area contributed by atoms with E-state index in [0.29, 0.717) is 17.7 Å². The largest absolute Gasteiger partial charge is 0.274 e. The van der Waals surface area contributed by atoms with Gasteiger partial charge in [-0.3, -0.25) is 14.5 Å². The van der Waals surface area contributed by atoms with E-state index in [1.807, 2.05) is 12.1 Å². The minimum absolute atomic E-state index is 0.124. The Morgan fingerprint density at radius 2 is 1.70 bits per heavy atom. The molecule has 1 unspecified atom stereocenters. The number of carbonyl (C=O) groups excluding carboxylic acids is 2. The molecule has 1 aromatic rings. The Bertz CT molecular complexity index is 499. The molecule has 1 heterocycles. The summed E-state index contributed by atoms with van der Waals surface area (Å²) in [6.07, 6.45) is 6.01. The second-order valence-electron chi connectivity index (χ2n) is 6.12. The fourth-order valence-corrected chi connectivity index (χ4v) is 3.08. The number of amides is 2. The van der Waals surface area contributed by atoms with E-state index in [1.54, 1.807) is 12.1 Å². The molecule has 2 amide bonds. The highest BCUT2D eigenvalue weighted by Crippen LogP contribution is 2.38. The first-order valence-corrected chi connectivity index (χ1v) is 7.63. The Morgan fingerprint density at radius 1 is 1.10 bits per heavy atom. The number of hydrogen-bond donors (Lipinski definition) is 0. The zero-order valence-electron chi connectivity index (χ0n) is 12.0. The smallest absolute Gasteiger partial charge is 0.261 e. The average molecular weight is 271 g/mol. The van der Waals surface area contributed by atoms with E-state index < -0.39 is 0 Å². The summed E-state index contributed by atoms with van der Waals surface area (Å²) >= 11 is 0. The van der Waals surface area contributed by atoms with E-state index in [0.717, 1.165) is 24.7 Å². The molecule has 106 valence electrons. The van der Waals surface area contributed by atoms with Gasteiger partial charge in [0, 0.05) is 6.54 Å². The number of nitrogens with zero attached hydrogens (tertiary/aromatic N) is 1. The van der Waals surface area contributed by atoms with Gasteiger partial charge in [0.25, 0.3) is 11.8 Å². The summed E-state index contributed by atoms with van der Waals surface area (Å²) in [6.45, 7) is 2.88. The van der Waals surface area contributed by atoms with Gasteiger partial charge in [0.1, 0.15) is 0 Å². The van der Waals surface area contributed by atoms with Gasteiger partial charge in [0.2, 0.25) is 0 Å². The molecule has 0 N–H and O–H groups in total. The van der Waals surface area contributed by atoms with Crippen LogP contribution < -0.4 is 0 Å². The van der Waals surface area contributed by atoms with Crippen molar-refractivity contribution in [3.63, 3.8) is 0 Å². The first-order valence-electron chi connectivity index (χ1n) is 7.63. The number of fused-ring (bicyclic) bond motifs is 1. The molecule has 0 saturated heterocycles. The second-order valence-corrected chi connectivity index (χ2v) is 6.12. The quantitative estimate of drug-likeness (QED) is 0.586. The van der Waals surface area contributed by atoms with Gasteiger partial charge in [-0.15, -0.1) is 0 Å². The van der Waals surface area contributed by atoms with Crippen LogP contribution in [0.5, 0.6) is 0 Å². The van der Waals surface area contributed by atoms with E-state index in [-0.39, 0.29) is 11.8 Å². The van der Waals surface area contributed by atoms with Gasteiger partial charge in [0.05, 0.1) is 11.1 Å². The summed E-state index contributed by atoms with van der Waals surface area (Å²) < 4.78 is 0. The van der Waals surface area contributed by atoms with Gasteiger partial charge in [-0.25, -0.2) is 0 Å². The lowest BCUT2D eigenvalue weighted by Gasteiger charge is -2.14. The maximum Gasteiger partial charge on any atom is 0.261 e. The van der Waals surface area contributed by atoms with Crippen LogP contribution in [0.4, 0.5) is 0 Å². The van der Waals surface area contributed by atoms with Gasteiger partial charge in [-0.05, 0) is 43.2 Å². The predicted octanol–water partition coefficient (Wildman–Crippen LogP) is 3.50. The van der Waals surface area contributed by atoms with Crippen molar-refractivity contribution in [2.24, 2.45) is 11.8 Å². The summed E-state index contributed by atoms with van der Waals surface area (Å²) in [5.74, 6) is 1.49. The molecule has 0 aromatic heterocycles. The molecule has 20 heavy (non-hydrogen) atoms. The molecule has 0 radical (unpaired) electrons. The molecular formula is C17H21NO2. The molecular weight excluding hydrogens is 250 g/mol. The second kappa shape index (κ2) is 5.39. The van der Waals surface area contributed by atoms with Crippen LogP contribution in [0.25, 0.3) is 0 Å². The maximum atomic E-state index is 12.2. The first kappa shape index (κ1) is 13.3. The normalized spacial score (nSPS) is 19.4. The standard InChI is InChI=1S/C17H21NO2/c1-12(13-9-10-13)6-4-5-11-18-16(19)14-7-2-3-8-15(14)17(18)20/h2-3,7-8,12-13H,4-6,9-11H2,1H3. The van der Waals surface area contributed by atoms with E-state index in [2.05, 4.69) is 6.92 Å². The molecule has 0 bridgehead atoms. The van der Waals surface area contributed by atoms with E-state index >= 15 is 0 Å². The summed E-state index contributed by atoms with van der Waals surface area (Å²) in [4.78, 5) is 25.7. The van der Waals surface area contributed by atoms with Crippen LogP contribution in [0, 0.1) is 11.8 Å². The molecule has 1 atom stereocenters. The molecule has 0 spiro atoms. The Labute approximate surface area is 120 Å². The maximum absolute atomic E-state index is 12.2. The van der Waals surface area contributed by atoms with Crippen LogP contribution in [0.1, 0.15) is 59.7 Å². The lowest BCUT2D eigenvalue weighted by molar-refractivity contribution is 0.0651. The molecule has 1 fully saturated rings. The monoisotopic (exact) mass is 271 g/mol. The number of hydrogen-bond acceptors (Lipinski definition) is 2. The number of unbranched alkanes of at least 4 members (excludes halogenated alkanes) is 1. The van der Waals surface area contributed by atoms with Crippen molar-refractivity contribution >= 4 is 11.8 Å². The van der Waals surface area contributed by atoms with Gasteiger partial charge < -0.3 is 0 Å². The summed E-state index contributed by atoms with van der Waals surface area (Å²) in [7, 11) is 0.